The fraction of sp³-hybridized carbons (Fsp3) is 0.524. The fourth-order valence-electron chi connectivity index (χ4n) is 3.44. The molecule has 0 amide bonds. The van der Waals surface area contributed by atoms with Gasteiger partial charge in [-0.3, -0.25) is 0 Å². The van der Waals surface area contributed by atoms with Crippen molar-refractivity contribution in [2.45, 2.75) is 19.4 Å². The zero-order valence-corrected chi connectivity index (χ0v) is 16.1. The molecule has 142 valence electrons. The van der Waals surface area contributed by atoms with Gasteiger partial charge in [0.1, 0.15) is 6.61 Å². The van der Waals surface area contributed by atoms with Gasteiger partial charge in [0.15, 0.2) is 11.5 Å². The number of piperazine rings is 1. The molecule has 1 aliphatic rings. The molecule has 0 aliphatic carbocycles. The van der Waals surface area contributed by atoms with E-state index in [9.17, 15) is 0 Å². The normalized spacial score (nSPS) is 15.9. The van der Waals surface area contributed by atoms with Gasteiger partial charge >= 0.3 is 0 Å². The quantitative estimate of drug-likeness (QED) is 0.690. The average Bonchev–Trinajstić information content (AvgIpc) is 3.11. The summed E-state index contributed by atoms with van der Waals surface area (Å²) in [6.07, 6.45) is 4.48. The Kier molecular flexibility index (Phi) is 6.97. The number of benzene rings is 1. The molecule has 0 N–H and O–H groups in total. The lowest BCUT2D eigenvalue weighted by Crippen LogP contribution is -2.44. The van der Waals surface area contributed by atoms with E-state index in [1.165, 1.54) is 44.8 Å². The molecule has 2 aromatic rings. The molecule has 1 aromatic carbocycles. The Morgan fingerprint density at radius 1 is 0.923 bits per heavy atom. The van der Waals surface area contributed by atoms with E-state index in [0.29, 0.717) is 6.61 Å². The van der Waals surface area contributed by atoms with Gasteiger partial charge in [0.05, 0.1) is 13.7 Å². The first-order chi connectivity index (χ1) is 12.8. The zero-order valence-electron chi connectivity index (χ0n) is 16.1. The van der Waals surface area contributed by atoms with Gasteiger partial charge in [0.2, 0.25) is 0 Å². The molecule has 0 unspecified atom stereocenters. The van der Waals surface area contributed by atoms with E-state index in [4.69, 9.17) is 9.47 Å². The lowest BCUT2D eigenvalue weighted by molar-refractivity contribution is 0.153. The summed E-state index contributed by atoms with van der Waals surface area (Å²) < 4.78 is 13.5. The van der Waals surface area contributed by atoms with Gasteiger partial charge in [0.25, 0.3) is 0 Å². The Labute approximate surface area is 157 Å². The number of methoxy groups -OCH3 is 1. The van der Waals surface area contributed by atoms with Gasteiger partial charge in [-0.05, 0) is 50.7 Å². The molecule has 0 spiro atoms. The van der Waals surface area contributed by atoms with Gasteiger partial charge in [0, 0.05) is 38.1 Å². The molecule has 0 bridgehead atoms. The highest BCUT2D eigenvalue weighted by Crippen LogP contribution is 2.25. The number of likely N-dealkylation sites (N-methyl/N-ethyl adjacent to an activating group) is 1. The molecule has 1 saturated heterocycles. The van der Waals surface area contributed by atoms with Gasteiger partial charge in [-0.15, -0.1) is 0 Å². The molecule has 3 rings (SSSR count). The zero-order chi connectivity index (χ0) is 18.2. The molecule has 0 saturated carbocycles. The lowest BCUT2D eigenvalue weighted by atomic mass is 10.2. The van der Waals surface area contributed by atoms with Gasteiger partial charge in [-0.1, -0.05) is 12.1 Å². The van der Waals surface area contributed by atoms with Crippen LogP contribution in [-0.2, 0) is 13.0 Å². The summed E-state index contributed by atoms with van der Waals surface area (Å²) in [6.45, 7) is 7.47. The fourth-order valence-corrected chi connectivity index (χ4v) is 3.44. The number of hydrogen-bond acceptors (Lipinski definition) is 4. The van der Waals surface area contributed by atoms with E-state index in [1.54, 1.807) is 7.11 Å². The van der Waals surface area contributed by atoms with Crippen LogP contribution in [0.15, 0.2) is 42.6 Å². The largest absolute Gasteiger partial charge is 0.493 e. The number of rotatable bonds is 9. The third-order valence-corrected chi connectivity index (χ3v) is 5.09. The van der Waals surface area contributed by atoms with E-state index in [-0.39, 0.29) is 0 Å². The molecule has 26 heavy (non-hydrogen) atoms. The number of aromatic nitrogens is 1. The van der Waals surface area contributed by atoms with Crippen molar-refractivity contribution in [2.75, 3.05) is 53.5 Å². The Balaban J connectivity index is 1.42. The highest BCUT2D eigenvalue weighted by Gasteiger charge is 2.13. The van der Waals surface area contributed by atoms with Crippen LogP contribution >= 0.6 is 0 Å². The van der Waals surface area contributed by atoms with Gasteiger partial charge < -0.3 is 23.8 Å². The monoisotopic (exact) mass is 357 g/mol. The van der Waals surface area contributed by atoms with Gasteiger partial charge in [-0.2, -0.15) is 0 Å². The molecule has 0 atom stereocenters. The maximum absolute atomic E-state index is 5.91. The standard InChI is InChI=1S/C21H31N3O2/c1-22-13-15-23(16-14-22)11-5-7-19-8-6-12-24(19)17-18-26-21-10-4-3-9-20(21)25-2/h3-4,6,8-10,12H,5,7,11,13-18H2,1-2H3. The van der Waals surface area contributed by atoms with Crippen molar-refractivity contribution >= 4 is 0 Å². The Bertz CT molecular complexity index is 663. The first kappa shape index (κ1) is 18.8. The Morgan fingerprint density at radius 2 is 1.69 bits per heavy atom. The number of hydrogen-bond donors (Lipinski definition) is 0. The van der Waals surface area contributed by atoms with Crippen molar-refractivity contribution in [3.8, 4) is 11.5 Å². The van der Waals surface area contributed by atoms with Crippen molar-refractivity contribution in [3.63, 3.8) is 0 Å². The minimum Gasteiger partial charge on any atom is -0.493 e. The van der Waals surface area contributed by atoms with Crippen LogP contribution in [0.5, 0.6) is 11.5 Å². The maximum Gasteiger partial charge on any atom is 0.161 e. The predicted molar refractivity (Wildman–Crippen MR) is 105 cm³/mol. The minimum atomic E-state index is 0.639. The van der Waals surface area contributed by atoms with Crippen LogP contribution in [0, 0.1) is 0 Å². The summed E-state index contributed by atoms with van der Waals surface area (Å²) in [7, 11) is 3.88. The van der Waals surface area contributed by atoms with Crippen LogP contribution in [-0.4, -0.2) is 67.9 Å². The first-order valence-corrected chi connectivity index (χ1v) is 9.57. The Hall–Kier alpha value is -1.98. The molecule has 1 fully saturated rings. The van der Waals surface area contributed by atoms with Crippen molar-refractivity contribution < 1.29 is 9.47 Å². The van der Waals surface area contributed by atoms with Gasteiger partial charge in [-0.25, -0.2) is 0 Å². The molecule has 2 heterocycles. The highest BCUT2D eigenvalue weighted by molar-refractivity contribution is 5.39. The van der Waals surface area contributed by atoms with E-state index in [2.05, 4.69) is 39.7 Å². The number of aryl methyl sites for hydroxylation is 1. The van der Waals surface area contributed by atoms with Crippen molar-refractivity contribution in [3.05, 3.63) is 48.3 Å². The lowest BCUT2D eigenvalue weighted by Gasteiger charge is -2.32. The summed E-state index contributed by atoms with van der Waals surface area (Å²) in [6, 6.07) is 12.2. The second-order valence-corrected chi connectivity index (χ2v) is 6.94. The number of nitrogens with zero attached hydrogens (tertiary/aromatic N) is 3. The number of para-hydroxylation sites is 2. The van der Waals surface area contributed by atoms with Crippen molar-refractivity contribution in [1.29, 1.82) is 0 Å². The predicted octanol–water partition coefficient (Wildman–Crippen LogP) is 2.76. The topological polar surface area (TPSA) is 29.9 Å². The summed E-state index contributed by atoms with van der Waals surface area (Å²) in [4.78, 5) is 4.99. The number of ether oxygens (including phenoxy) is 2. The SMILES string of the molecule is COc1ccccc1OCCn1cccc1CCCN1CCN(C)CC1. The Morgan fingerprint density at radius 3 is 2.46 bits per heavy atom. The second-order valence-electron chi connectivity index (χ2n) is 6.94. The van der Waals surface area contributed by atoms with Crippen molar-refractivity contribution in [1.82, 2.24) is 14.4 Å². The summed E-state index contributed by atoms with van der Waals surface area (Å²) >= 11 is 0. The van der Waals surface area contributed by atoms with E-state index in [1.807, 2.05) is 24.3 Å². The van der Waals surface area contributed by atoms with Crippen LogP contribution in [0.1, 0.15) is 12.1 Å². The highest BCUT2D eigenvalue weighted by atomic mass is 16.5. The molecule has 1 aromatic heterocycles. The van der Waals surface area contributed by atoms with Crippen LogP contribution in [0.2, 0.25) is 0 Å². The summed E-state index contributed by atoms with van der Waals surface area (Å²) in [5.74, 6) is 1.59. The van der Waals surface area contributed by atoms with Crippen LogP contribution in [0.3, 0.4) is 0 Å². The van der Waals surface area contributed by atoms with E-state index < -0.39 is 0 Å². The molecular weight excluding hydrogens is 326 g/mol. The van der Waals surface area contributed by atoms with Crippen LogP contribution < -0.4 is 9.47 Å². The molecule has 5 heteroatoms. The third kappa shape index (κ3) is 5.26. The minimum absolute atomic E-state index is 0.639. The van der Waals surface area contributed by atoms with E-state index in [0.717, 1.165) is 24.5 Å². The van der Waals surface area contributed by atoms with E-state index >= 15 is 0 Å². The second kappa shape index (κ2) is 9.64. The first-order valence-electron chi connectivity index (χ1n) is 9.57. The van der Waals surface area contributed by atoms with Crippen LogP contribution in [0.4, 0.5) is 0 Å². The summed E-state index contributed by atoms with van der Waals surface area (Å²) in [5, 5.41) is 0. The molecular formula is C21H31N3O2. The van der Waals surface area contributed by atoms with Crippen molar-refractivity contribution in [2.24, 2.45) is 0 Å². The third-order valence-electron chi connectivity index (χ3n) is 5.09. The smallest absolute Gasteiger partial charge is 0.161 e. The maximum atomic E-state index is 5.91. The molecule has 0 radical (unpaired) electrons. The van der Waals surface area contributed by atoms with Crippen LogP contribution in [0.25, 0.3) is 0 Å². The molecule has 1 aliphatic heterocycles. The summed E-state index contributed by atoms with van der Waals surface area (Å²) in [5.41, 5.74) is 1.39. The molecule has 5 nitrogen and oxygen atoms in total. The average molecular weight is 357 g/mol.